The van der Waals surface area contributed by atoms with E-state index in [9.17, 15) is 9.50 Å². The quantitative estimate of drug-likeness (QED) is 0.605. The van der Waals surface area contributed by atoms with Gasteiger partial charge in [0.05, 0.1) is 11.3 Å². The lowest BCUT2D eigenvalue weighted by molar-refractivity contribution is 0.457. The molecule has 0 radical (unpaired) electrons. The highest BCUT2D eigenvalue weighted by atomic mass is 79.9. The number of aromatic amines is 1. The number of nitrogens with one attached hydrogen (secondary N) is 2. The van der Waals surface area contributed by atoms with Crippen molar-refractivity contribution in [3.63, 3.8) is 0 Å². The zero-order valence-corrected chi connectivity index (χ0v) is 11.8. The second kappa shape index (κ2) is 4.76. The summed E-state index contributed by atoms with van der Waals surface area (Å²) in [5.74, 6) is -0.500. The fourth-order valence-electron chi connectivity index (χ4n) is 2.19. The van der Waals surface area contributed by atoms with Crippen molar-refractivity contribution in [1.82, 2.24) is 4.98 Å². The summed E-state index contributed by atoms with van der Waals surface area (Å²) in [4.78, 5) is 2.82. The van der Waals surface area contributed by atoms with Gasteiger partial charge in [0.25, 0.3) is 0 Å². The summed E-state index contributed by atoms with van der Waals surface area (Å²) < 4.78 is 14.1. The van der Waals surface area contributed by atoms with Crippen molar-refractivity contribution in [2.75, 3.05) is 0 Å². The van der Waals surface area contributed by atoms with Gasteiger partial charge in [0.15, 0.2) is 5.88 Å². The van der Waals surface area contributed by atoms with Gasteiger partial charge in [-0.25, -0.2) is 4.39 Å². The molecule has 0 spiro atoms. The molecular weight excluding hydrogens is 323 g/mol. The lowest BCUT2D eigenvalue weighted by Gasteiger charge is -2.04. The second-order valence-electron chi connectivity index (χ2n) is 4.42. The highest BCUT2D eigenvalue weighted by Crippen LogP contribution is 2.31. The smallest absolute Gasteiger partial charge is 0.199 e. The number of halogens is 2. The van der Waals surface area contributed by atoms with Crippen molar-refractivity contribution >= 4 is 32.5 Å². The van der Waals surface area contributed by atoms with Crippen molar-refractivity contribution in [1.29, 1.82) is 5.41 Å². The Balaban J connectivity index is 2.21. The molecule has 3 N–H and O–H groups in total. The molecule has 0 saturated carbocycles. The molecule has 1 heterocycles. The number of aromatic hydroxyl groups is 1. The van der Waals surface area contributed by atoms with E-state index in [2.05, 4.69) is 20.9 Å². The fraction of sp³-hybridized carbons (Fsp3) is 0. The normalized spacial score (nSPS) is 10.9. The van der Waals surface area contributed by atoms with Gasteiger partial charge >= 0.3 is 0 Å². The van der Waals surface area contributed by atoms with Crippen LogP contribution in [-0.4, -0.2) is 15.8 Å². The van der Waals surface area contributed by atoms with E-state index in [1.807, 2.05) is 18.2 Å². The lowest BCUT2D eigenvalue weighted by atomic mass is 10.0. The monoisotopic (exact) mass is 332 g/mol. The number of aromatic nitrogens is 1. The molecule has 2 aromatic carbocycles. The first-order valence-corrected chi connectivity index (χ1v) is 6.70. The standard InChI is InChI=1S/C15H10BrFN2O/c16-9-4-5-12-11(7-9)13(15(20)19-12)14(18)8-2-1-3-10(17)6-8/h1-7,18-20H. The third-order valence-corrected chi connectivity index (χ3v) is 3.60. The van der Waals surface area contributed by atoms with Crippen molar-refractivity contribution < 1.29 is 9.50 Å². The Bertz CT molecular complexity index is 826. The van der Waals surface area contributed by atoms with Crippen molar-refractivity contribution in [2.24, 2.45) is 0 Å². The van der Waals surface area contributed by atoms with Gasteiger partial charge < -0.3 is 10.1 Å². The first-order chi connectivity index (χ1) is 9.56. The fourth-order valence-corrected chi connectivity index (χ4v) is 2.55. The van der Waals surface area contributed by atoms with Crippen LogP contribution in [-0.2, 0) is 0 Å². The van der Waals surface area contributed by atoms with Gasteiger partial charge in [0.2, 0.25) is 0 Å². The number of hydrogen-bond acceptors (Lipinski definition) is 2. The maximum absolute atomic E-state index is 13.3. The molecule has 0 fully saturated rings. The van der Waals surface area contributed by atoms with Crippen LogP contribution in [0.1, 0.15) is 11.1 Å². The SMILES string of the molecule is N=C(c1cccc(F)c1)c1c(O)[nH]c2ccc(Br)cc12. The number of rotatable bonds is 2. The Morgan fingerprint density at radius 3 is 2.75 bits per heavy atom. The molecule has 100 valence electrons. The van der Waals surface area contributed by atoms with E-state index in [0.717, 1.165) is 9.99 Å². The summed E-state index contributed by atoms with van der Waals surface area (Å²) in [6.07, 6.45) is 0. The van der Waals surface area contributed by atoms with Gasteiger partial charge in [0.1, 0.15) is 5.82 Å². The van der Waals surface area contributed by atoms with Crippen LogP contribution in [0.25, 0.3) is 10.9 Å². The van der Waals surface area contributed by atoms with E-state index in [4.69, 9.17) is 5.41 Å². The van der Waals surface area contributed by atoms with Crippen molar-refractivity contribution in [3.8, 4) is 5.88 Å². The van der Waals surface area contributed by atoms with Gasteiger partial charge in [-0.3, -0.25) is 5.41 Å². The zero-order chi connectivity index (χ0) is 14.3. The van der Waals surface area contributed by atoms with E-state index >= 15 is 0 Å². The van der Waals surface area contributed by atoms with Gasteiger partial charge in [-0.15, -0.1) is 0 Å². The second-order valence-corrected chi connectivity index (χ2v) is 5.34. The first-order valence-electron chi connectivity index (χ1n) is 5.91. The Labute approximate surface area is 122 Å². The predicted octanol–water partition coefficient (Wildman–Crippen LogP) is 4.19. The number of fused-ring (bicyclic) bond motifs is 1. The highest BCUT2D eigenvalue weighted by molar-refractivity contribution is 9.10. The maximum atomic E-state index is 13.3. The van der Waals surface area contributed by atoms with Crippen LogP contribution < -0.4 is 0 Å². The summed E-state index contributed by atoms with van der Waals surface area (Å²) in [6, 6.07) is 11.2. The van der Waals surface area contributed by atoms with E-state index in [1.165, 1.54) is 12.1 Å². The van der Waals surface area contributed by atoms with Crippen LogP contribution in [0.2, 0.25) is 0 Å². The molecule has 3 rings (SSSR count). The number of hydrogen-bond donors (Lipinski definition) is 3. The molecule has 0 aliphatic rings. The predicted molar refractivity (Wildman–Crippen MR) is 80.0 cm³/mol. The third kappa shape index (κ3) is 2.10. The summed E-state index contributed by atoms with van der Waals surface area (Å²) >= 11 is 3.37. The largest absolute Gasteiger partial charge is 0.494 e. The van der Waals surface area contributed by atoms with Crippen LogP contribution in [0, 0.1) is 11.2 Å². The third-order valence-electron chi connectivity index (χ3n) is 3.10. The van der Waals surface area contributed by atoms with Crippen LogP contribution in [0.5, 0.6) is 5.88 Å². The maximum Gasteiger partial charge on any atom is 0.199 e. The Morgan fingerprint density at radius 1 is 1.20 bits per heavy atom. The topological polar surface area (TPSA) is 59.9 Å². The molecule has 0 amide bonds. The zero-order valence-electron chi connectivity index (χ0n) is 10.2. The van der Waals surface area contributed by atoms with Crippen LogP contribution in [0.4, 0.5) is 4.39 Å². The van der Waals surface area contributed by atoms with E-state index in [1.54, 1.807) is 12.1 Å². The molecule has 0 bridgehead atoms. The van der Waals surface area contributed by atoms with Crippen molar-refractivity contribution in [3.05, 3.63) is 63.9 Å². The average molecular weight is 333 g/mol. The van der Waals surface area contributed by atoms with E-state index < -0.39 is 5.82 Å². The minimum Gasteiger partial charge on any atom is -0.494 e. The number of benzene rings is 2. The Morgan fingerprint density at radius 2 is 2.00 bits per heavy atom. The van der Waals surface area contributed by atoms with E-state index in [0.29, 0.717) is 16.5 Å². The molecule has 3 nitrogen and oxygen atoms in total. The Kier molecular flexibility index (Phi) is 3.06. The molecule has 20 heavy (non-hydrogen) atoms. The minimum absolute atomic E-state index is 0.0753. The summed E-state index contributed by atoms with van der Waals surface area (Å²) in [5.41, 5.74) is 1.58. The molecule has 0 saturated heterocycles. The summed E-state index contributed by atoms with van der Waals surface area (Å²) in [6.45, 7) is 0. The number of H-pyrrole nitrogens is 1. The van der Waals surface area contributed by atoms with Crippen LogP contribution in [0.3, 0.4) is 0 Å². The molecular formula is C15H10BrFN2O. The first kappa shape index (κ1) is 12.9. The summed E-state index contributed by atoms with van der Waals surface area (Å²) in [7, 11) is 0. The average Bonchev–Trinajstić information content (AvgIpc) is 2.73. The van der Waals surface area contributed by atoms with Gasteiger partial charge in [-0.2, -0.15) is 0 Å². The summed E-state index contributed by atoms with van der Waals surface area (Å²) in [5, 5.41) is 19.0. The molecule has 0 aliphatic carbocycles. The molecule has 0 atom stereocenters. The van der Waals surface area contributed by atoms with Crippen molar-refractivity contribution in [2.45, 2.75) is 0 Å². The van der Waals surface area contributed by atoms with E-state index in [-0.39, 0.29) is 11.6 Å². The molecule has 5 heteroatoms. The highest BCUT2D eigenvalue weighted by Gasteiger charge is 2.17. The minimum atomic E-state index is -0.409. The van der Waals surface area contributed by atoms with Crippen LogP contribution >= 0.6 is 15.9 Å². The van der Waals surface area contributed by atoms with Gasteiger partial charge in [-0.1, -0.05) is 28.1 Å². The molecule has 0 unspecified atom stereocenters. The van der Waals surface area contributed by atoms with Gasteiger partial charge in [-0.05, 0) is 30.3 Å². The van der Waals surface area contributed by atoms with Crippen LogP contribution in [0.15, 0.2) is 46.9 Å². The van der Waals surface area contributed by atoms with Gasteiger partial charge in [0, 0.05) is 20.9 Å². The molecule has 3 aromatic rings. The Hall–Kier alpha value is -2.14. The molecule has 1 aromatic heterocycles. The lowest BCUT2D eigenvalue weighted by Crippen LogP contribution is -2.01. The molecule has 0 aliphatic heterocycles.